The highest BCUT2D eigenvalue weighted by molar-refractivity contribution is 8.01. The average molecular weight is 328 g/mol. The molecule has 3 unspecified atom stereocenters. The molecule has 1 aromatic heterocycles. The van der Waals surface area contributed by atoms with Crippen LogP contribution in [0.4, 0.5) is 0 Å². The Morgan fingerprint density at radius 2 is 2.10 bits per heavy atom. The van der Waals surface area contributed by atoms with Crippen molar-refractivity contribution in [3.8, 4) is 0 Å². The second kappa shape index (κ2) is 9.11. The highest BCUT2D eigenvalue weighted by atomic mass is 32.2. The van der Waals surface area contributed by atoms with Crippen molar-refractivity contribution in [2.24, 2.45) is 5.92 Å². The Balaban J connectivity index is 1.97. The van der Waals surface area contributed by atoms with Crippen LogP contribution < -0.4 is 5.32 Å². The third kappa shape index (κ3) is 5.22. The van der Waals surface area contributed by atoms with E-state index in [4.69, 9.17) is 0 Å². The summed E-state index contributed by atoms with van der Waals surface area (Å²) >= 11 is 3.55. The van der Waals surface area contributed by atoms with E-state index < -0.39 is 0 Å². The molecule has 2 rings (SSSR count). The normalized spacial score (nSPS) is 26.1. The zero-order chi connectivity index (χ0) is 15.1. The molecule has 120 valence electrons. The van der Waals surface area contributed by atoms with Crippen molar-refractivity contribution >= 4 is 23.3 Å². The van der Waals surface area contributed by atoms with E-state index in [9.17, 15) is 0 Å². The van der Waals surface area contributed by atoms with Gasteiger partial charge in [0, 0.05) is 17.7 Å². The maximum atomic E-state index is 4.65. The van der Waals surface area contributed by atoms with Crippen LogP contribution in [-0.4, -0.2) is 27.2 Å². The fourth-order valence-electron chi connectivity index (χ4n) is 3.13. The van der Waals surface area contributed by atoms with Crippen LogP contribution in [0.2, 0.25) is 0 Å². The van der Waals surface area contributed by atoms with Crippen molar-refractivity contribution in [3.05, 3.63) is 5.82 Å². The third-order valence-corrected chi connectivity index (χ3v) is 6.45. The molecule has 21 heavy (non-hydrogen) atoms. The number of rotatable bonds is 8. The lowest BCUT2D eigenvalue weighted by molar-refractivity contribution is 0.287. The zero-order valence-electron chi connectivity index (χ0n) is 13.6. The predicted octanol–water partition coefficient (Wildman–Crippen LogP) is 4.53. The molecular weight excluding hydrogens is 298 g/mol. The van der Waals surface area contributed by atoms with Crippen LogP contribution >= 0.6 is 23.3 Å². The molecule has 0 saturated heterocycles. The molecule has 5 heteroatoms. The van der Waals surface area contributed by atoms with Crippen molar-refractivity contribution in [2.75, 3.05) is 6.54 Å². The van der Waals surface area contributed by atoms with E-state index in [-0.39, 0.29) is 0 Å². The molecule has 1 heterocycles. The SMILES string of the molecule is CCCNC1CCC(CCC)CC1Sc1nc(CC)ns1. The minimum atomic E-state index is 0.650. The first-order chi connectivity index (χ1) is 10.3. The quantitative estimate of drug-likeness (QED) is 0.761. The maximum Gasteiger partial charge on any atom is 0.170 e. The van der Waals surface area contributed by atoms with Gasteiger partial charge in [-0.2, -0.15) is 4.37 Å². The van der Waals surface area contributed by atoms with Crippen LogP contribution in [0.5, 0.6) is 0 Å². The smallest absolute Gasteiger partial charge is 0.170 e. The lowest BCUT2D eigenvalue weighted by atomic mass is 9.83. The van der Waals surface area contributed by atoms with E-state index in [0.717, 1.165) is 29.0 Å². The van der Waals surface area contributed by atoms with Gasteiger partial charge in [-0.05, 0) is 49.7 Å². The van der Waals surface area contributed by atoms with Crippen LogP contribution in [0, 0.1) is 5.92 Å². The van der Waals surface area contributed by atoms with E-state index in [1.165, 1.54) is 38.5 Å². The highest BCUT2D eigenvalue weighted by Crippen LogP contribution is 2.38. The number of thioether (sulfide) groups is 1. The van der Waals surface area contributed by atoms with Gasteiger partial charge in [-0.1, -0.05) is 45.4 Å². The van der Waals surface area contributed by atoms with Gasteiger partial charge in [0.25, 0.3) is 0 Å². The summed E-state index contributed by atoms with van der Waals surface area (Å²) in [6.07, 6.45) is 8.90. The van der Waals surface area contributed by atoms with Gasteiger partial charge in [0.15, 0.2) is 4.34 Å². The minimum Gasteiger partial charge on any atom is -0.313 e. The molecule has 1 aromatic rings. The van der Waals surface area contributed by atoms with E-state index in [1.54, 1.807) is 11.5 Å². The fourth-order valence-corrected chi connectivity index (χ4v) is 5.47. The molecule has 3 nitrogen and oxygen atoms in total. The second-order valence-corrected chi connectivity index (χ2v) is 8.25. The Morgan fingerprint density at radius 1 is 1.24 bits per heavy atom. The molecule has 0 aromatic carbocycles. The van der Waals surface area contributed by atoms with Crippen molar-refractivity contribution in [1.82, 2.24) is 14.7 Å². The molecule has 0 aliphatic heterocycles. The summed E-state index contributed by atoms with van der Waals surface area (Å²) in [5.41, 5.74) is 0. The van der Waals surface area contributed by atoms with Gasteiger partial charge in [-0.15, -0.1) is 0 Å². The Labute approximate surface area is 137 Å². The predicted molar refractivity (Wildman–Crippen MR) is 93.3 cm³/mol. The first-order valence-corrected chi connectivity index (χ1v) is 10.1. The average Bonchev–Trinajstić information content (AvgIpc) is 2.94. The lowest BCUT2D eigenvalue weighted by Crippen LogP contribution is -2.42. The second-order valence-electron chi connectivity index (χ2n) is 6.01. The summed E-state index contributed by atoms with van der Waals surface area (Å²) < 4.78 is 5.60. The van der Waals surface area contributed by atoms with Gasteiger partial charge in [-0.25, -0.2) is 4.98 Å². The molecule has 0 bridgehead atoms. The number of hydrogen-bond donors (Lipinski definition) is 1. The van der Waals surface area contributed by atoms with Gasteiger partial charge in [0.05, 0.1) is 0 Å². The number of aromatic nitrogens is 2. The van der Waals surface area contributed by atoms with Crippen molar-refractivity contribution in [2.45, 2.75) is 81.3 Å². The highest BCUT2D eigenvalue weighted by Gasteiger charge is 2.31. The molecular formula is C16H29N3S2. The molecule has 1 aliphatic rings. The molecule has 1 N–H and O–H groups in total. The lowest BCUT2D eigenvalue weighted by Gasteiger charge is -2.36. The van der Waals surface area contributed by atoms with Crippen LogP contribution in [-0.2, 0) is 6.42 Å². The van der Waals surface area contributed by atoms with Crippen LogP contribution in [0.25, 0.3) is 0 Å². The van der Waals surface area contributed by atoms with Crippen LogP contribution in [0.15, 0.2) is 4.34 Å². The van der Waals surface area contributed by atoms with E-state index >= 15 is 0 Å². The largest absolute Gasteiger partial charge is 0.313 e. The van der Waals surface area contributed by atoms with E-state index in [1.807, 2.05) is 11.8 Å². The van der Waals surface area contributed by atoms with Crippen molar-refractivity contribution in [3.63, 3.8) is 0 Å². The van der Waals surface area contributed by atoms with Gasteiger partial charge in [0.2, 0.25) is 0 Å². The first kappa shape index (κ1) is 17.2. The third-order valence-electron chi connectivity index (χ3n) is 4.27. The van der Waals surface area contributed by atoms with E-state index in [0.29, 0.717) is 11.3 Å². The Bertz CT molecular complexity index is 408. The molecule has 0 radical (unpaired) electrons. The number of aryl methyl sites for hydroxylation is 1. The molecule has 0 amide bonds. The van der Waals surface area contributed by atoms with Gasteiger partial charge >= 0.3 is 0 Å². The monoisotopic (exact) mass is 327 g/mol. The summed E-state index contributed by atoms with van der Waals surface area (Å²) in [6.45, 7) is 7.81. The summed E-state index contributed by atoms with van der Waals surface area (Å²) in [4.78, 5) is 4.65. The molecule has 1 aliphatic carbocycles. The zero-order valence-corrected chi connectivity index (χ0v) is 15.2. The Morgan fingerprint density at radius 3 is 2.76 bits per heavy atom. The summed E-state index contributed by atoms with van der Waals surface area (Å²) in [5.74, 6) is 1.91. The number of nitrogens with one attached hydrogen (secondary N) is 1. The standard InChI is InChI=1S/C16H29N3S2/c1-4-7-12-8-9-13(17-10-5-2)14(11-12)20-16-18-15(6-3)19-21-16/h12-14,17H,4-11H2,1-3H3. The molecule has 1 saturated carbocycles. The van der Waals surface area contributed by atoms with Crippen LogP contribution in [0.1, 0.15) is 65.1 Å². The summed E-state index contributed by atoms with van der Waals surface area (Å²) in [6, 6.07) is 0.650. The Hall–Kier alpha value is -0.130. The fraction of sp³-hybridized carbons (Fsp3) is 0.875. The molecule has 0 spiro atoms. The van der Waals surface area contributed by atoms with Gasteiger partial charge in [0.1, 0.15) is 5.82 Å². The Kier molecular flexibility index (Phi) is 7.47. The maximum absolute atomic E-state index is 4.65. The summed E-state index contributed by atoms with van der Waals surface area (Å²) in [7, 11) is 0. The first-order valence-electron chi connectivity index (χ1n) is 8.49. The topological polar surface area (TPSA) is 37.8 Å². The van der Waals surface area contributed by atoms with Crippen molar-refractivity contribution in [1.29, 1.82) is 0 Å². The minimum absolute atomic E-state index is 0.650. The van der Waals surface area contributed by atoms with Gasteiger partial charge < -0.3 is 5.32 Å². The number of hydrogen-bond acceptors (Lipinski definition) is 5. The van der Waals surface area contributed by atoms with Crippen LogP contribution in [0.3, 0.4) is 0 Å². The molecule has 1 fully saturated rings. The summed E-state index contributed by atoms with van der Waals surface area (Å²) in [5, 5.41) is 4.43. The van der Waals surface area contributed by atoms with Crippen molar-refractivity contribution < 1.29 is 0 Å². The van der Waals surface area contributed by atoms with Gasteiger partial charge in [-0.3, -0.25) is 0 Å². The van der Waals surface area contributed by atoms with E-state index in [2.05, 4.69) is 35.4 Å². The molecule has 3 atom stereocenters. The number of nitrogens with zero attached hydrogens (tertiary/aromatic N) is 2.